The summed E-state index contributed by atoms with van der Waals surface area (Å²) in [4.78, 5) is 0. The number of benzene rings is 1. The SMILES string of the molecule is CCC1CCC(C2(O)CCc3c(F)cccc32)CC1. The molecule has 1 nitrogen and oxygen atoms in total. The molecule has 3 rings (SSSR count). The molecule has 1 N–H and O–H groups in total. The van der Waals surface area contributed by atoms with Crippen LogP contribution in [0.1, 0.15) is 56.6 Å². The summed E-state index contributed by atoms with van der Waals surface area (Å²) in [6.07, 6.45) is 7.24. The second-order valence-electron chi connectivity index (χ2n) is 6.32. The molecule has 1 fully saturated rings. The number of fused-ring (bicyclic) bond motifs is 1. The molecule has 0 saturated heterocycles. The Hall–Kier alpha value is -0.890. The molecular formula is C17H23FO. The van der Waals surface area contributed by atoms with Gasteiger partial charge in [-0.05, 0) is 54.7 Å². The van der Waals surface area contributed by atoms with Crippen LogP contribution in [0, 0.1) is 17.7 Å². The van der Waals surface area contributed by atoms with Gasteiger partial charge in [-0.25, -0.2) is 4.39 Å². The van der Waals surface area contributed by atoms with Crippen LogP contribution in [-0.2, 0) is 12.0 Å². The number of aliphatic hydroxyl groups is 1. The molecule has 0 aromatic heterocycles. The monoisotopic (exact) mass is 262 g/mol. The average Bonchev–Trinajstić information content (AvgIpc) is 2.79. The van der Waals surface area contributed by atoms with E-state index in [1.54, 1.807) is 6.07 Å². The van der Waals surface area contributed by atoms with E-state index in [0.29, 0.717) is 18.8 Å². The van der Waals surface area contributed by atoms with Gasteiger partial charge in [0.15, 0.2) is 0 Å². The second-order valence-corrected chi connectivity index (χ2v) is 6.32. The number of halogens is 1. The first-order chi connectivity index (χ1) is 9.15. The molecule has 2 aliphatic rings. The molecule has 0 amide bonds. The topological polar surface area (TPSA) is 20.2 Å². The smallest absolute Gasteiger partial charge is 0.126 e. The van der Waals surface area contributed by atoms with E-state index in [4.69, 9.17) is 0 Å². The fourth-order valence-corrected chi connectivity index (χ4v) is 4.14. The molecule has 19 heavy (non-hydrogen) atoms. The molecule has 1 unspecified atom stereocenters. The van der Waals surface area contributed by atoms with Crippen LogP contribution < -0.4 is 0 Å². The van der Waals surface area contributed by atoms with E-state index in [-0.39, 0.29) is 5.82 Å². The molecule has 1 saturated carbocycles. The van der Waals surface area contributed by atoms with E-state index in [1.165, 1.54) is 25.3 Å². The zero-order valence-electron chi connectivity index (χ0n) is 11.7. The first-order valence-electron chi connectivity index (χ1n) is 7.65. The van der Waals surface area contributed by atoms with E-state index in [9.17, 15) is 9.50 Å². The number of hydrogen-bond acceptors (Lipinski definition) is 1. The van der Waals surface area contributed by atoms with Crippen LogP contribution in [-0.4, -0.2) is 5.11 Å². The highest BCUT2D eigenvalue weighted by Gasteiger charge is 2.45. The maximum absolute atomic E-state index is 13.8. The summed E-state index contributed by atoms with van der Waals surface area (Å²) >= 11 is 0. The normalized spacial score (nSPS) is 34.3. The third-order valence-corrected chi connectivity index (χ3v) is 5.44. The van der Waals surface area contributed by atoms with Crippen LogP contribution in [0.5, 0.6) is 0 Å². The summed E-state index contributed by atoms with van der Waals surface area (Å²) in [5.41, 5.74) is 0.853. The molecule has 0 bridgehead atoms. The lowest BCUT2D eigenvalue weighted by Crippen LogP contribution is -2.35. The van der Waals surface area contributed by atoms with Gasteiger partial charge in [0.2, 0.25) is 0 Å². The molecule has 1 atom stereocenters. The van der Waals surface area contributed by atoms with Crippen molar-refractivity contribution in [2.45, 2.75) is 57.5 Å². The lowest BCUT2D eigenvalue weighted by molar-refractivity contribution is -0.0425. The summed E-state index contributed by atoms with van der Waals surface area (Å²) in [7, 11) is 0. The van der Waals surface area contributed by atoms with Crippen molar-refractivity contribution in [1.29, 1.82) is 0 Å². The summed E-state index contributed by atoms with van der Waals surface area (Å²) in [5, 5.41) is 11.1. The van der Waals surface area contributed by atoms with Crippen molar-refractivity contribution in [3.63, 3.8) is 0 Å². The minimum atomic E-state index is -0.768. The van der Waals surface area contributed by atoms with E-state index in [1.807, 2.05) is 6.07 Å². The van der Waals surface area contributed by atoms with Gasteiger partial charge < -0.3 is 5.11 Å². The molecule has 104 valence electrons. The van der Waals surface area contributed by atoms with Crippen molar-refractivity contribution in [2.24, 2.45) is 11.8 Å². The Morgan fingerprint density at radius 3 is 2.68 bits per heavy atom. The van der Waals surface area contributed by atoms with Crippen LogP contribution >= 0.6 is 0 Å². The quantitative estimate of drug-likeness (QED) is 0.848. The Morgan fingerprint density at radius 1 is 1.26 bits per heavy atom. The molecule has 0 radical (unpaired) electrons. The van der Waals surface area contributed by atoms with Crippen LogP contribution in [0.25, 0.3) is 0 Å². The highest BCUT2D eigenvalue weighted by atomic mass is 19.1. The van der Waals surface area contributed by atoms with Crippen molar-refractivity contribution in [3.8, 4) is 0 Å². The van der Waals surface area contributed by atoms with Gasteiger partial charge >= 0.3 is 0 Å². The fraction of sp³-hybridized carbons (Fsp3) is 0.647. The van der Waals surface area contributed by atoms with E-state index >= 15 is 0 Å². The van der Waals surface area contributed by atoms with Crippen molar-refractivity contribution in [2.75, 3.05) is 0 Å². The first kappa shape index (κ1) is 13.1. The Bertz CT molecular complexity index is 462. The Balaban J connectivity index is 1.85. The van der Waals surface area contributed by atoms with Crippen molar-refractivity contribution in [1.82, 2.24) is 0 Å². The van der Waals surface area contributed by atoms with Crippen molar-refractivity contribution >= 4 is 0 Å². The van der Waals surface area contributed by atoms with Crippen molar-refractivity contribution < 1.29 is 9.50 Å². The third kappa shape index (κ3) is 2.10. The second kappa shape index (κ2) is 4.90. The summed E-state index contributed by atoms with van der Waals surface area (Å²) in [6, 6.07) is 5.18. The van der Waals surface area contributed by atoms with Crippen LogP contribution in [0.3, 0.4) is 0 Å². The van der Waals surface area contributed by atoms with E-state index in [0.717, 1.165) is 29.9 Å². The predicted octanol–water partition coefficient (Wildman–Crippen LogP) is 4.18. The predicted molar refractivity (Wildman–Crippen MR) is 74.4 cm³/mol. The van der Waals surface area contributed by atoms with Gasteiger partial charge in [-0.15, -0.1) is 0 Å². The van der Waals surface area contributed by atoms with Gasteiger partial charge in [0.25, 0.3) is 0 Å². The highest BCUT2D eigenvalue weighted by Crippen LogP contribution is 2.48. The maximum atomic E-state index is 13.8. The lowest BCUT2D eigenvalue weighted by atomic mass is 9.71. The van der Waals surface area contributed by atoms with Gasteiger partial charge in [-0.2, -0.15) is 0 Å². The summed E-state index contributed by atoms with van der Waals surface area (Å²) in [5.74, 6) is 1.00. The largest absolute Gasteiger partial charge is 0.385 e. The minimum Gasteiger partial charge on any atom is -0.385 e. The Labute approximate surface area is 114 Å². The van der Waals surface area contributed by atoms with Crippen molar-refractivity contribution in [3.05, 3.63) is 35.1 Å². The lowest BCUT2D eigenvalue weighted by Gasteiger charge is -2.38. The highest BCUT2D eigenvalue weighted by molar-refractivity contribution is 5.38. The number of hydrogen-bond donors (Lipinski definition) is 1. The third-order valence-electron chi connectivity index (χ3n) is 5.44. The average molecular weight is 262 g/mol. The molecule has 1 aromatic carbocycles. The van der Waals surface area contributed by atoms with Crippen LogP contribution in [0.2, 0.25) is 0 Å². The zero-order chi connectivity index (χ0) is 13.5. The zero-order valence-corrected chi connectivity index (χ0v) is 11.7. The summed E-state index contributed by atoms with van der Waals surface area (Å²) in [6.45, 7) is 2.25. The van der Waals surface area contributed by atoms with Gasteiger partial charge in [0, 0.05) is 0 Å². The molecular weight excluding hydrogens is 239 g/mol. The summed E-state index contributed by atoms with van der Waals surface area (Å²) < 4.78 is 13.8. The molecule has 2 heteroatoms. The van der Waals surface area contributed by atoms with Crippen LogP contribution in [0.15, 0.2) is 18.2 Å². The first-order valence-corrected chi connectivity index (χ1v) is 7.65. The molecule has 2 aliphatic carbocycles. The minimum absolute atomic E-state index is 0.143. The Morgan fingerprint density at radius 2 is 2.00 bits per heavy atom. The molecule has 0 spiro atoms. The van der Waals surface area contributed by atoms with Gasteiger partial charge in [-0.1, -0.05) is 38.3 Å². The number of rotatable bonds is 2. The maximum Gasteiger partial charge on any atom is 0.126 e. The van der Waals surface area contributed by atoms with Gasteiger partial charge in [-0.3, -0.25) is 0 Å². The van der Waals surface area contributed by atoms with Gasteiger partial charge in [0.05, 0.1) is 5.60 Å². The standard InChI is InChI=1S/C17H23FO/c1-2-12-6-8-13(9-7-12)17(19)11-10-14-15(17)4-3-5-16(14)18/h3-5,12-13,19H,2,6-11H2,1H3. The fourth-order valence-electron chi connectivity index (χ4n) is 4.14. The van der Waals surface area contributed by atoms with E-state index in [2.05, 4.69) is 6.92 Å². The van der Waals surface area contributed by atoms with E-state index < -0.39 is 5.60 Å². The molecule has 0 aliphatic heterocycles. The molecule has 0 heterocycles. The molecule has 1 aromatic rings. The Kier molecular flexibility index (Phi) is 3.38. The van der Waals surface area contributed by atoms with Gasteiger partial charge in [0.1, 0.15) is 5.82 Å². The van der Waals surface area contributed by atoms with Crippen LogP contribution in [0.4, 0.5) is 4.39 Å².